The molecule has 1 aromatic carbocycles. The number of nitrogens with zero attached hydrogens (tertiary/aromatic N) is 4. The van der Waals surface area contributed by atoms with Crippen LogP contribution in [-0.2, 0) is 9.74 Å². The molecule has 7 heteroatoms. The molecule has 134 valence electrons. The molecule has 0 saturated carbocycles. The van der Waals surface area contributed by atoms with Crippen LogP contribution in [0, 0.1) is 12.8 Å². The van der Waals surface area contributed by atoms with Crippen molar-refractivity contribution in [2.24, 2.45) is 5.92 Å². The Kier molecular flexibility index (Phi) is 4.28. The van der Waals surface area contributed by atoms with Gasteiger partial charge >= 0.3 is 5.97 Å². The lowest BCUT2D eigenvalue weighted by atomic mass is 9.97. The van der Waals surface area contributed by atoms with Crippen LogP contribution in [0.4, 0.5) is 10.3 Å². The van der Waals surface area contributed by atoms with E-state index in [-0.39, 0.29) is 5.92 Å². The van der Waals surface area contributed by atoms with E-state index >= 15 is 0 Å². The predicted octanol–water partition coefficient (Wildman–Crippen LogP) is 3.37. The largest absolute Gasteiger partial charge is 0.355 e. The number of fused-ring (bicyclic) bond motifs is 1. The molecular weight excluding hydrogens is 335 g/mol. The van der Waals surface area contributed by atoms with Crippen LogP contribution in [0.2, 0.25) is 0 Å². The van der Waals surface area contributed by atoms with Crippen molar-refractivity contribution < 1.29 is 14.3 Å². The smallest absolute Gasteiger partial charge is 0.351 e. The third-order valence-electron chi connectivity index (χ3n) is 4.95. The summed E-state index contributed by atoms with van der Waals surface area (Å²) in [5.41, 5.74) is 3.08. The van der Waals surface area contributed by atoms with Crippen molar-refractivity contribution in [2.45, 2.75) is 19.8 Å². The van der Waals surface area contributed by atoms with E-state index < -0.39 is 5.97 Å². The van der Waals surface area contributed by atoms with Crippen LogP contribution in [-0.4, -0.2) is 33.8 Å². The van der Waals surface area contributed by atoms with Crippen molar-refractivity contribution in [2.75, 3.05) is 18.0 Å². The molecule has 0 atom stereocenters. The van der Waals surface area contributed by atoms with Gasteiger partial charge in [-0.25, -0.2) is 9.48 Å². The Hall–Kier alpha value is -2.96. The molecule has 1 saturated heterocycles. The topological polar surface area (TPSA) is 60.2 Å². The van der Waals surface area contributed by atoms with Gasteiger partial charge in [0.25, 0.3) is 0 Å². The first kappa shape index (κ1) is 16.5. The quantitative estimate of drug-likeness (QED) is 0.722. The molecule has 3 heterocycles. The van der Waals surface area contributed by atoms with Crippen LogP contribution >= 0.6 is 0 Å². The second-order valence-corrected chi connectivity index (χ2v) is 6.62. The first-order chi connectivity index (χ1) is 12.7. The molecule has 0 aliphatic carbocycles. The normalized spacial score (nSPS) is 15.4. The first-order valence-corrected chi connectivity index (χ1v) is 8.64. The number of aryl methyl sites for hydroxylation is 1. The minimum atomic E-state index is -0.774. The molecular formula is C19H19FN4O2. The van der Waals surface area contributed by atoms with E-state index in [0.717, 1.165) is 22.4 Å². The molecule has 6 nitrogen and oxygen atoms in total. The lowest BCUT2D eigenvalue weighted by Crippen LogP contribution is -2.36. The van der Waals surface area contributed by atoms with Gasteiger partial charge in [-0.1, -0.05) is 17.7 Å². The average molecular weight is 354 g/mol. The molecule has 3 aromatic rings. The van der Waals surface area contributed by atoms with Gasteiger partial charge in [-0.15, -0.1) is 5.10 Å². The molecule has 26 heavy (non-hydrogen) atoms. The summed E-state index contributed by atoms with van der Waals surface area (Å²) in [4.78, 5) is 21.2. The third-order valence-corrected chi connectivity index (χ3v) is 4.95. The van der Waals surface area contributed by atoms with Gasteiger partial charge in [-0.3, -0.25) is 9.93 Å². The Labute approximate surface area is 150 Å². The maximum Gasteiger partial charge on any atom is 0.351 e. The summed E-state index contributed by atoms with van der Waals surface area (Å²) in [5.74, 6) is -0.303. The van der Waals surface area contributed by atoms with Crippen molar-refractivity contribution in [3.05, 3.63) is 48.3 Å². The number of hydrogen-bond acceptors (Lipinski definition) is 5. The van der Waals surface area contributed by atoms with E-state index in [0.29, 0.717) is 25.9 Å². The fraction of sp³-hybridized carbons (Fsp3) is 0.316. The molecule has 1 aliphatic heterocycles. The van der Waals surface area contributed by atoms with Gasteiger partial charge in [-0.05, 0) is 38.0 Å². The molecule has 0 unspecified atom stereocenters. The first-order valence-electron chi connectivity index (χ1n) is 8.64. The van der Waals surface area contributed by atoms with Crippen LogP contribution in [0.25, 0.3) is 16.6 Å². The van der Waals surface area contributed by atoms with Crippen LogP contribution < -0.4 is 4.90 Å². The van der Waals surface area contributed by atoms with E-state index in [1.165, 1.54) is 5.56 Å². The number of pyridine rings is 1. The Morgan fingerprint density at radius 3 is 2.62 bits per heavy atom. The van der Waals surface area contributed by atoms with Gasteiger partial charge in [0.2, 0.25) is 0 Å². The Bertz CT molecular complexity index is 930. The zero-order valence-corrected chi connectivity index (χ0v) is 14.4. The molecule has 1 aliphatic rings. The maximum atomic E-state index is 12.1. The molecule has 0 amide bonds. The minimum Gasteiger partial charge on any atom is -0.355 e. The molecule has 1 fully saturated rings. The third kappa shape index (κ3) is 2.89. The highest BCUT2D eigenvalue weighted by Crippen LogP contribution is 2.31. The van der Waals surface area contributed by atoms with Gasteiger partial charge in [0.05, 0.1) is 23.3 Å². The Morgan fingerprint density at radius 1 is 1.19 bits per heavy atom. The van der Waals surface area contributed by atoms with Gasteiger partial charge in [-0.2, -0.15) is 0 Å². The highest BCUT2D eigenvalue weighted by molar-refractivity contribution is 5.91. The summed E-state index contributed by atoms with van der Waals surface area (Å²) in [6.07, 6.45) is 4.65. The van der Waals surface area contributed by atoms with Gasteiger partial charge in [0, 0.05) is 29.2 Å². The number of rotatable bonds is 3. The summed E-state index contributed by atoms with van der Waals surface area (Å²) in [5, 5.41) is 5.82. The van der Waals surface area contributed by atoms with Gasteiger partial charge in [0.1, 0.15) is 0 Å². The number of carbonyl (C=O) groups is 1. The Balaban J connectivity index is 1.68. The Morgan fingerprint density at radius 2 is 1.92 bits per heavy atom. The lowest BCUT2D eigenvalue weighted by Gasteiger charge is -2.30. The van der Waals surface area contributed by atoms with E-state index in [9.17, 15) is 9.32 Å². The maximum absolute atomic E-state index is 12.1. The van der Waals surface area contributed by atoms with Crippen molar-refractivity contribution in [1.82, 2.24) is 14.8 Å². The zero-order chi connectivity index (χ0) is 18.1. The highest BCUT2D eigenvalue weighted by Gasteiger charge is 2.29. The molecule has 0 bridgehead atoms. The average Bonchev–Trinajstić information content (AvgIpc) is 3.08. The SMILES string of the molecule is Cc1ccc(-n2nc(N3CCC(C(=O)OF)CC3)c3ccncc32)cc1. The summed E-state index contributed by atoms with van der Waals surface area (Å²) < 4.78 is 14.0. The summed E-state index contributed by atoms with van der Waals surface area (Å²) >= 11 is 0. The predicted molar refractivity (Wildman–Crippen MR) is 95.7 cm³/mol. The van der Waals surface area contributed by atoms with Crippen LogP contribution in [0.15, 0.2) is 42.7 Å². The fourth-order valence-electron chi connectivity index (χ4n) is 3.45. The summed E-state index contributed by atoms with van der Waals surface area (Å²) in [6.45, 7) is 3.30. The van der Waals surface area contributed by atoms with Crippen molar-refractivity contribution in [3.63, 3.8) is 0 Å². The van der Waals surface area contributed by atoms with E-state index in [1.54, 1.807) is 12.4 Å². The second kappa shape index (κ2) is 6.74. The van der Waals surface area contributed by atoms with Crippen LogP contribution in [0.5, 0.6) is 0 Å². The number of halogens is 1. The minimum absolute atomic E-state index is 0.386. The number of anilines is 1. The van der Waals surface area contributed by atoms with E-state index in [2.05, 4.69) is 14.8 Å². The van der Waals surface area contributed by atoms with Crippen molar-refractivity contribution in [3.8, 4) is 5.69 Å². The molecule has 0 radical (unpaired) electrons. The van der Waals surface area contributed by atoms with Crippen LogP contribution in [0.1, 0.15) is 18.4 Å². The molecule has 0 N–H and O–H groups in total. The summed E-state index contributed by atoms with van der Waals surface area (Å²) in [6, 6.07) is 10.1. The molecule has 4 rings (SSSR count). The van der Waals surface area contributed by atoms with Gasteiger partial charge < -0.3 is 4.90 Å². The van der Waals surface area contributed by atoms with Crippen molar-refractivity contribution >= 4 is 22.7 Å². The zero-order valence-electron chi connectivity index (χ0n) is 14.4. The monoisotopic (exact) mass is 354 g/mol. The number of carbonyl (C=O) groups excluding carboxylic acids is 1. The number of hydrogen-bond donors (Lipinski definition) is 0. The van der Waals surface area contributed by atoms with Crippen molar-refractivity contribution in [1.29, 1.82) is 0 Å². The van der Waals surface area contributed by atoms with E-state index in [1.807, 2.05) is 41.9 Å². The molecule has 2 aromatic heterocycles. The van der Waals surface area contributed by atoms with Gasteiger partial charge in [0.15, 0.2) is 5.82 Å². The van der Waals surface area contributed by atoms with E-state index in [4.69, 9.17) is 5.10 Å². The number of piperidine rings is 1. The fourth-order valence-corrected chi connectivity index (χ4v) is 3.45. The summed E-state index contributed by atoms with van der Waals surface area (Å²) in [7, 11) is 0. The molecule has 0 spiro atoms. The number of benzene rings is 1. The standard InChI is InChI=1S/C19H19FN4O2/c1-13-2-4-15(5-3-13)24-17-12-21-9-6-16(17)18(22-24)23-10-7-14(8-11-23)19(25)26-20/h2-6,9,12,14H,7-8,10-11H2,1H3. The number of aromatic nitrogens is 3. The lowest BCUT2D eigenvalue weighted by molar-refractivity contribution is -0.189. The highest BCUT2D eigenvalue weighted by atomic mass is 19.3. The second-order valence-electron chi connectivity index (χ2n) is 6.62. The van der Waals surface area contributed by atoms with Crippen LogP contribution in [0.3, 0.4) is 0 Å².